The number of ether oxygens (including phenoxy) is 2. The van der Waals surface area contributed by atoms with Crippen LogP contribution in [-0.4, -0.2) is 50.6 Å². The van der Waals surface area contributed by atoms with Crippen LogP contribution in [0.1, 0.15) is 26.3 Å². The Balaban J connectivity index is 1.87. The number of likely N-dealkylation sites (tertiary alicyclic amines) is 1. The number of nitrogens with zero attached hydrogens (tertiary/aromatic N) is 2. The van der Waals surface area contributed by atoms with Crippen LogP contribution < -0.4 is 0 Å². The van der Waals surface area contributed by atoms with Gasteiger partial charge in [-0.3, -0.25) is 14.9 Å². The van der Waals surface area contributed by atoms with Crippen LogP contribution in [0.5, 0.6) is 0 Å². The van der Waals surface area contributed by atoms with Crippen molar-refractivity contribution in [3.05, 3.63) is 51.6 Å². The maximum absolute atomic E-state index is 12.5. The average molecular weight is 441 g/mol. The van der Waals surface area contributed by atoms with E-state index in [0.29, 0.717) is 11.1 Å². The lowest BCUT2D eigenvalue weighted by molar-refractivity contribution is -0.384. The number of rotatable bonds is 8. The molecule has 11 heteroatoms. The summed E-state index contributed by atoms with van der Waals surface area (Å²) in [7, 11) is 0. The van der Waals surface area contributed by atoms with Crippen LogP contribution >= 0.6 is 11.6 Å². The van der Waals surface area contributed by atoms with E-state index in [1.165, 1.54) is 36.1 Å². The van der Waals surface area contributed by atoms with E-state index in [9.17, 15) is 24.5 Å². The predicted molar refractivity (Wildman–Crippen MR) is 105 cm³/mol. The van der Waals surface area contributed by atoms with Gasteiger partial charge in [0.15, 0.2) is 0 Å². The van der Waals surface area contributed by atoms with Gasteiger partial charge in [-0.25, -0.2) is 9.59 Å². The minimum absolute atomic E-state index is 0.0844. The number of nitro groups is 1. The zero-order chi connectivity index (χ0) is 22.6. The van der Waals surface area contributed by atoms with Crippen molar-refractivity contribution in [3.63, 3.8) is 0 Å². The first-order chi connectivity index (χ1) is 14.0. The van der Waals surface area contributed by atoms with Gasteiger partial charge in [0.05, 0.1) is 11.0 Å². The molecule has 0 saturated carbocycles. The molecule has 1 amide bonds. The molecule has 1 unspecified atom stereocenters. The molecule has 1 N–H and O–H groups in total. The van der Waals surface area contributed by atoms with Gasteiger partial charge in [0, 0.05) is 18.2 Å². The summed E-state index contributed by atoms with van der Waals surface area (Å²) in [5.41, 5.74) is 0.123. The SMILES string of the molecule is CC(=CC(=O)O)C(C)N1C(=O)[C@H]([C@H](C)OC(=O)OCc2ccc([N+](=O)[O-])cc2)[C@@H]1Cl. The van der Waals surface area contributed by atoms with Crippen LogP contribution in [0.25, 0.3) is 0 Å². The zero-order valence-corrected chi connectivity index (χ0v) is 17.2. The largest absolute Gasteiger partial charge is 0.508 e. The third-order valence-corrected chi connectivity index (χ3v) is 5.30. The van der Waals surface area contributed by atoms with E-state index in [4.69, 9.17) is 26.2 Å². The highest BCUT2D eigenvalue weighted by Crippen LogP contribution is 2.37. The predicted octanol–water partition coefficient (Wildman–Crippen LogP) is 3.08. The van der Waals surface area contributed by atoms with E-state index in [1.54, 1.807) is 13.8 Å². The highest BCUT2D eigenvalue weighted by Gasteiger charge is 2.52. The first-order valence-corrected chi connectivity index (χ1v) is 9.40. The molecule has 0 spiro atoms. The van der Waals surface area contributed by atoms with E-state index in [1.807, 2.05) is 0 Å². The van der Waals surface area contributed by atoms with Crippen LogP contribution in [0.2, 0.25) is 0 Å². The molecule has 1 aromatic carbocycles. The molecule has 0 bridgehead atoms. The Bertz CT molecular complexity index is 870. The van der Waals surface area contributed by atoms with Crippen molar-refractivity contribution in [2.45, 2.75) is 45.0 Å². The molecule has 1 fully saturated rings. The fourth-order valence-electron chi connectivity index (χ4n) is 2.98. The molecule has 162 valence electrons. The molecule has 4 atom stereocenters. The number of alkyl halides is 1. The number of amides is 1. The van der Waals surface area contributed by atoms with Gasteiger partial charge in [-0.15, -0.1) is 0 Å². The van der Waals surface area contributed by atoms with E-state index < -0.39 is 40.6 Å². The number of hydrogen-bond donors (Lipinski definition) is 1. The Morgan fingerprint density at radius 2 is 1.93 bits per heavy atom. The van der Waals surface area contributed by atoms with Crippen LogP contribution in [0.15, 0.2) is 35.9 Å². The van der Waals surface area contributed by atoms with Crippen LogP contribution in [0.4, 0.5) is 10.5 Å². The third kappa shape index (κ3) is 5.26. The van der Waals surface area contributed by atoms with Crippen molar-refractivity contribution in [2.24, 2.45) is 5.92 Å². The number of non-ortho nitro benzene ring substituents is 1. The van der Waals surface area contributed by atoms with Gasteiger partial charge >= 0.3 is 12.1 Å². The van der Waals surface area contributed by atoms with E-state index in [0.717, 1.165) is 6.08 Å². The molecule has 0 aromatic heterocycles. The number of carboxylic acids is 1. The quantitative estimate of drug-likeness (QED) is 0.124. The fourth-order valence-corrected chi connectivity index (χ4v) is 3.56. The third-order valence-electron chi connectivity index (χ3n) is 4.82. The Morgan fingerprint density at radius 3 is 2.43 bits per heavy atom. The van der Waals surface area contributed by atoms with Crippen LogP contribution in [-0.2, 0) is 25.7 Å². The minimum atomic E-state index is -1.12. The fraction of sp³-hybridized carbons (Fsp3) is 0.421. The van der Waals surface area contributed by atoms with Crippen molar-refractivity contribution in [1.82, 2.24) is 4.90 Å². The Labute approximate surface area is 177 Å². The molecule has 0 radical (unpaired) electrons. The van der Waals surface area contributed by atoms with Gasteiger partial charge in [0.1, 0.15) is 24.1 Å². The van der Waals surface area contributed by atoms with E-state index in [2.05, 4.69) is 0 Å². The van der Waals surface area contributed by atoms with Crippen LogP contribution in [0.3, 0.4) is 0 Å². The Morgan fingerprint density at radius 1 is 1.33 bits per heavy atom. The summed E-state index contributed by atoms with van der Waals surface area (Å²) in [6.07, 6.45) is -0.868. The standard InChI is InChI=1S/C19H21ClN2O8/c1-10(8-15(23)24)11(2)21-17(20)16(18(21)25)12(3)30-19(26)29-9-13-4-6-14(7-5-13)22(27)28/h4-8,11-12,16-17H,9H2,1-3H3,(H,23,24)/t11?,12-,16+,17+/m0/s1. The number of carbonyl (C=O) groups excluding carboxylic acids is 2. The van der Waals surface area contributed by atoms with Gasteiger partial charge in [-0.1, -0.05) is 11.6 Å². The number of aliphatic carboxylic acids is 1. The normalized spacial score (nSPS) is 20.7. The van der Waals surface area contributed by atoms with Crippen molar-refractivity contribution >= 4 is 35.3 Å². The second-order valence-electron chi connectivity index (χ2n) is 6.83. The van der Waals surface area contributed by atoms with Crippen molar-refractivity contribution in [1.29, 1.82) is 0 Å². The summed E-state index contributed by atoms with van der Waals surface area (Å²) in [4.78, 5) is 46.6. The molecule has 1 aliphatic heterocycles. The first kappa shape index (κ1) is 23.1. The van der Waals surface area contributed by atoms with Crippen molar-refractivity contribution in [3.8, 4) is 0 Å². The highest BCUT2D eigenvalue weighted by atomic mass is 35.5. The van der Waals surface area contributed by atoms with E-state index >= 15 is 0 Å². The lowest BCUT2D eigenvalue weighted by atomic mass is 9.89. The van der Waals surface area contributed by atoms with Crippen LogP contribution in [0, 0.1) is 16.0 Å². The smallest absolute Gasteiger partial charge is 0.478 e. The summed E-state index contributed by atoms with van der Waals surface area (Å²) in [6, 6.07) is 4.95. The van der Waals surface area contributed by atoms with Gasteiger partial charge in [0.25, 0.3) is 5.69 Å². The summed E-state index contributed by atoms with van der Waals surface area (Å²) in [6.45, 7) is 4.59. The lowest BCUT2D eigenvalue weighted by Crippen LogP contribution is -2.65. The molecule has 10 nitrogen and oxygen atoms in total. The number of carboxylic acid groups (broad SMARTS) is 1. The van der Waals surface area contributed by atoms with Crippen molar-refractivity contribution < 1.29 is 33.9 Å². The molecule has 0 aliphatic carbocycles. The summed E-state index contributed by atoms with van der Waals surface area (Å²) < 4.78 is 10.1. The maximum atomic E-state index is 12.5. The monoisotopic (exact) mass is 440 g/mol. The number of carbonyl (C=O) groups is 3. The van der Waals surface area contributed by atoms with E-state index in [-0.39, 0.29) is 18.2 Å². The number of β-lactam (4-membered cyclic amide) rings is 1. The van der Waals surface area contributed by atoms with Gasteiger partial charge in [-0.05, 0) is 44.0 Å². The Kier molecular flexibility index (Phi) is 7.38. The van der Waals surface area contributed by atoms with Gasteiger partial charge in [-0.2, -0.15) is 0 Å². The summed E-state index contributed by atoms with van der Waals surface area (Å²) >= 11 is 6.29. The minimum Gasteiger partial charge on any atom is -0.478 e. The summed E-state index contributed by atoms with van der Waals surface area (Å²) in [5, 5.41) is 19.5. The summed E-state index contributed by atoms with van der Waals surface area (Å²) in [5.74, 6) is -2.28. The molecule has 1 aromatic rings. The topological polar surface area (TPSA) is 136 Å². The number of halogens is 1. The number of benzene rings is 1. The average Bonchev–Trinajstić information content (AvgIpc) is 2.66. The van der Waals surface area contributed by atoms with Gasteiger partial charge in [0.2, 0.25) is 5.91 Å². The number of nitro benzene ring substituents is 1. The maximum Gasteiger partial charge on any atom is 0.508 e. The molecular weight excluding hydrogens is 420 g/mol. The molecular formula is C19H21ClN2O8. The molecule has 1 aliphatic rings. The molecule has 1 heterocycles. The molecule has 30 heavy (non-hydrogen) atoms. The molecule has 2 rings (SSSR count). The number of hydrogen-bond acceptors (Lipinski definition) is 7. The molecule has 1 saturated heterocycles. The second kappa shape index (κ2) is 9.57. The second-order valence-corrected chi connectivity index (χ2v) is 7.28. The highest BCUT2D eigenvalue weighted by molar-refractivity contribution is 6.25. The first-order valence-electron chi connectivity index (χ1n) is 8.97. The zero-order valence-electron chi connectivity index (χ0n) is 16.5. The lowest BCUT2D eigenvalue weighted by Gasteiger charge is -2.48. The van der Waals surface area contributed by atoms with Crippen molar-refractivity contribution in [2.75, 3.05) is 0 Å². The Hall–Kier alpha value is -3.14. The van der Waals surface area contributed by atoms with Gasteiger partial charge < -0.3 is 19.5 Å².